The average molecular weight is 221 g/mol. The fourth-order valence-corrected chi connectivity index (χ4v) is 1.03. The van der Waals surface area contributed by atoms with Gasteiger partial charge < -0.3 is 4.74 Å². The van der Waals surface area contributed by atoms with E-state index in [0.29, 0.717) is 5.69 Å². The number of ether oxygens (including phenoxy) is 1. The van der Waals surface area contributed by atoms with Gasteiger partial charge in [-0.1, -0.05) is 5.11 Å². The van der Waals surface area contributed by atoms with E-state index in [9.17, 15) is 4.79 Å². The Balaban J connectivity index is 2.97. The first-order valence-electron chi connectivity index (χ1n) is 4.61. The van der Waals surface area contributed by atoms with E-state index in [1.165, 1.54) is 6.08 Å². The highest BCUT2D eigenvalue weighted by Crippen LogP contribution is 2.07. The molecule has 0 fully saturated rings. The van der Waals surface area contributed by atoms with Crippen LogP contribution in [0.15, 0.2) is 23.1 Å². The fourth-order valence-electron chi connectivity index (χ4n) is 1.03. The minimum absolute atomic E-state index is 0.108. The summed E-state index contributed by atoms with van der Waals surface area (Å²) in [6.45, 7) is 1.89. The van der Waals surface area contributed by atoms with Crippen molar-refractivity contribution in [2.45, 2.75) is 6.92 Å². The topological polar surface area (TPSA) is 92.9 Å². The Bertz CT molecular complexity index is 456. The van der Waals surface area contributed by atoms with Crippen molar-refractivity contribution < 1.29 is 9.53 Å². The van der Waals surface area contributed by atoms with Gasteiger partial charge in [-0.05, 0) is 24.6 Å². The number of carbonyl (C=O) groups excluding carboxylic acids is 1. The number of hydrogen-bond acceptors (Lipinski definition) is 4. The molecule has 16 heavy (non-hydrogen) atoms. The van der Waals surface area contributed by atoms with Gasteiger partial charge in [0.2, 0.25) is 0 Å². The van der Waals surface area contributed by atoms with Gasteiger partial charge in [0.1, 0.15) is 5.70 Å². The quantitative estimate of drug-likeness (QED) is 0.254. The van der Waals surface area contributed by atoms with Gasteiger partial charge in [-0.25, -0.2) is 4.79 Å². The standard InChI is InChI=1S/C9H11N5O2/c1-3-16-9(15)8(11-13-10)6-7-4-5-14(2)12-7/h4-6H,3H2,1-2H3. The summed E-state index contributed by atoms with van der Waals surface area (Å²) in [5.74, 6) is -0.661. The molecule has 1 aromatic heterocycles. The molecule has 0 saturated heterocycles. The highest BCUT2D eigenvalue weighted by molar-refractivity contribution is 5.92. The number of aromatic nitrogens is 2. The van der Waals surface area contributed by atoms with Crippen molar-refractivity contribution in [1.29, 1.82) is 0 Å². The number of nitrogens with zero attached hydrogens (tertiary/aromatic N) is 5. The van der Waals surface area contributed by atoms with Crippen molar-refractivity contribution in [3.63, 3.8) is 0 Å². The molecule has 0 aliphatic heterocycles. The molecule has 1 aromatic rings. The lowest BCUT2D eigenvalue weighted by molar-refractivity contribution is -0.138. The second-order valence-electron chi connectivity index (χ2n) is 2.85. The number of esters is 1. The summed E-state index contributed by atoms with van der Waals surface area (Å²) in [4.78, 5) is 13.9. The first kappa shape index (κ1) is 11.8. The predicted octanol–water partition coefficient (Wildman–Crippen LogP) is 1.63. The zero-order valence-corrected chi connectivity index (χ0v) is 8.99. The zero-order chi connectivity index (χ0) is 12.0. The minimum Gasteiger partial charge on any atom is -0.462 e. The first-order chi connectivity index (χ1) is 7.67. The number of hydrogen-bond donors (Lipinski definition) is 0. The second-order valence-corrected chi connectivity index (χ2v) is 2.85. The summed E-state index contributed by atoms with van der Waals surface area (Å²) < 4.78 is 6.30. The molecule has 0 N–H and O–H groups in total. The van der Waals surface area contributed by atoms with Gasteiger partial charge in [0.15, 0.2) is 0 Å². The van der Waals surface area contributed by atoms with Crippen LogP contribution in [-0.4, -0.2) is 22.4 Å². The minimum atomic E-state index is -0.661. The van der Waals surface area contributed by atoms with E-state index in [0.717, 1.165) is 0 Å². The third kappa shape index (κ3) is 3.14. The van der Waals surface area contributed by atoms with Crippen molar-refractivity contribution in [1.82, 2.24) is 9.78 Å². The number of rotatable bonds is 4. The van der Waals surface area contributed by atoms with Crippen LogP contribution in [0.3, 0.4) is 0 Å². The lowest BCUT2D eigenvalue weighted by Crippen LogP contribution is -2.05. The van der Waals surface area contributed by atoms with E-state index >= 15 is 0 Å². The SMILES string of the molecule is CCOC(=O)C(=Cc1ccn(C)n1)N=[N+]=[N-]. The van der Waals surface area contributed by atoms with Crippen molar-refractivity contribution in [2.24, 2.45) is 12.2 Å². The van der Waals surface area contributed by atoms with Gasteiger partial charge in [0.25, 0.3) is 0 Å². The largest absolute Gasteiger partial charge is 0.462 e. The molecular weight excluding hydrogens is 210 g/mol. The molecular formula is C9H11N5O2. The summed E-state index contributed by atoms with van der Waals surface area (Å²) in [6.07, 6.45) is 3.09. The fraction of sp³-hybridized carbons (Fsp3) is 0.333. The van der Waals surface area contributed by atoms with Crippen LogP contribution in [0.5, 0.6) is 0 Å². The highest BCUT2D eigenvalue weighted by atomic mass is 16.5. The maximum atomic E-state index is 11.4. The molecule has 1 heterocycles. The molecule has 0 spiro atoms. The lowest BCUT2D eigenvalue weighted by Gasteiger charge is -1.99. The van der Waals surface area contributed by atoms with E-state index in [1.807, 2.05) is 0 Å². The highest BCUT2D eigenvalue weighted by Gasteiger charge is 2.09. The molecule has 0 unspecified atom stereocenters. The summed E-state index contributed by atoms with van der Waals surface area (Å²) >= 11 is 0. The van der Waals surface area contributed by atoms with Crippen molar-refractivity contribution in [3.05, 3.63) is 34.1 Å². The van der Waals surface area contributed by atoms with Gasteiger partial charge >= 0.3 is 5.97 Å². The lowest BCUT2D eigenvalue weighted by atomic mass is 10.3. The van der Waals surface area contributed by atoms with Crippen LogP contribution in [0.4, 0.5) is 0 Å². The molecule has 0 aliphatic carbocycles. The van der Waals surface area contributed by atoms with Crippen LogP contribution < -0.4 is 0 Å². The number of aryl methyl sites for hydroxylation is 1. The van der Waals surface area contributed by atoms with E-state index in [2.05, 4.69) is 15.1 Å². The molecule has 0 bridgehead atoms. The Morgan fingerprint density at radius 1 is 1.81 bits per heavy atom. The number of azide groups is 1. The molecule has 0 atom stereocenters. The molecule has 0 saturated carbocycles. The van der Waals surface area contributed by atoms with Crippen molar-refractivity contribution in [3.8, 4) is 0 Å². The summed E-state index contributed by atoms with van der Waals surface area (Å²) in [6, 6.07) is 1.69. The molecule has 0 radical (unpaired) electrons. The van der Waals surface area contributed by atoms with E-state index in [4.69, 9.17) is 10.3 Å². The third-order valence-corrected chi connectivity index (χ3v) is 1.66. The Labute approximate surface area is 91.9 Å². The number of carbonyl (C=O) groups is 1. The molecule has 7 nitrogen and oxygen atoms in total. The normalized spacial score (nSPS) is 10.8. The third-order valence-electron chi connectivity index (χ3n) is 1.66. The Morgan fingerprint density at radius 3 is 3.06 bits per heavy atom. The van der Waals surface area contributed by atoms with Crippen LogP contribution in [0.1, 0.15) is 12.6 Å². The predicted molar refractivity (Wildman–Crippen MR) is 57.0 cm³/mol. The second kappa shape index (κ2) is 5.57. The van der Waals surface area contributed by atoms with Gasteiger partial charge in [-0.15, -0.1) is 0 Å². The van der Waals surface area contributed by atoms with Crippen LogP contribution in [0, 0.1) is 0 Å². The van der Waals surface area contributed by atoms with Gasteiger partial charge in [-0.2, -0.15) is 5.10 Å². The van der Waals surface area contributed by atoms with Crippen LogP contribution >= 0.6 is 0 Å². The monoisotopic (exact) mass is 221 g/mol. The van der Waals surface area contributed by atoms with Crippen LogP contribution in [-0.2, 0) is 16.6 Å². The average Bonchev–Trinajstić information content (AvgIpc) is 2.64. The summed E-state index contributed by atoms with van der Waals surface area (Å²) in [5, 5.41) is 7.29. The first-order valence-corrected chi connectivity index (χ1v) is 4.61. The molecule has 1 rings (SSSR count). The molecule has 7 heteroatoms. The van der Waals surface area contributed by atoms with Gasteiger partial charge in [0.05, 0.1) is 12.3 Å². The smallest absolute Gasteiger partial charge is 0.340 e. The van der Waals surface area contributed by atoms with Crippen LogP contribution in [0.2, 0.25) is 0 Å². The summed E-state index contributed by atoms with van der Waals surface area (Å²) in [7, 11) is 1.74. The molecule has 0 aromatic carbocycles. The Hall–Kier alpha value is -2.27. The van der Waals surface area contributed by atoms with Gasteiger partial charge in [-0.3, -0.25) is 4.68 Å². The van der Waals surface area contributed by atoms with Crippen molar-refractivity contribution in [2.75, 3.05) is 6.61 Å². The molecule has 0 aliphatic rings. The maximum Gasteiger partial charge on any atom is 0.340 e. The van der Waals surface area contributed by atoms with E-state index in [1.54, 1.807) is 30.9 Å². The van der Waals surface area contributed by atoms with E-state index in [-0.39, 0.29) is 12.3 Å². The summed E-state index contributed by atoms with van der Waals surface area (Å²) in [5.41, 5.74) is 8.74. The van der Waals surface area contributed by atoms with E-state index < -0.39 is 5.97 Å². The Morgan fingerprint density at radius 2 is 2.56 bits per heavy atom. The maximum absolute atomic E-state index is 11.4. The van der Waals surface area contributed by atoms with Crippen LogP contribution in [0.25, 0.3) is 16.5 Å². The van der Waals surface area contributed by atoms with Gasteiger partial charge in [0, 0.05) is 18.2 Å². The Kier molecular flexibility index (Phi) is 4.11. The van der Waals surface area contributed by atoms with Crippen molar-refractivity contribution >= 4 is 12.0 Å². The molecule has 0 amide bonds. The molecule has 84 valence electrons. The zero-order valence-electron chi connectivity index (χ0n) is 8.99.